The van der Waals surface area contributed by atoms with Crippen LogP contribution in [0.5, 0.6) is 0 Å². The molecule has 2 heterocycles. The van der Waals surface area contributed by atoms with Gasteiger partial charge in [0, 0.05) is 18.0 Å². The minimum Gasteiger partial charge on any atom is -0.416 e. The SMILES string of the molecule is O=C=Nc1ccc(F)cc1-c1nnc(-c2ccncc2)o1. The summed E-state index contributed by atoms with van der Waals surface area (Å²) >= 11 is 0. The van der Waals surface area contributed by atoms with Crippen LogP contribution in [0.25, 0.3) is 22.9 Å². The van der Waals surface area contributed by atoms with Crippen LogP contribution in [-0.2, 0) is 4.79 Å². The lowest BCUT2D eigenvalue weighted by Gasteiger charge is -1.99. The van der Waals surface area contributed by atoms with Gasteiger partial charge in [0.1, 0.15) is 5.82 Å². The van der Waals surface area contributed by atoms with Crippen molar-refractivity contribution in [2.24, 2.45) is 4.99 Å². The van der Waals surface area contributed by atoms with Crippen LogP contribution in [0, 0.1) is 5.82 Å². The summed E-state index contributed by atoms with van der Waals surface area (Å²) in [6.45, 7) is 0. The van der Waals surface area contributed by atoms with Gasteiger partial charge in [-0.15, -0.1) is 10.2 Å². The highest BCUT2D eigenvalue weighted by molar-refractivity contribution is 5.72. The van der Waals surface area contributed by atoms with E-state index in [0.717, 1.165) is 0 Å². The Kier molecular flexibility index (Phi) is 3.32. The number of hydrogen-bond acceptors (Lipinski definition) is 6. The molecule has 6 nitrogen and oxygen atoms in total. The molecule has 0 N–H and O–H groups in total. The minimum atomic E-state index is -0.501. The predicted octanol–water partition coefficient (Wildman–Crippen LogP) is 2.91. The van der Waals surface area contributed by atoms with Crippen molar-refractivity contribution in [1.82, 2.24) is 15.2 Å². The molecule has 0 bridgehead atoms. The molecule has 0 aliphatic rings. The van der Waals surface area contributed by atoms with Crippen LogP contribution >= 0.6 is 0 Å². The first-order valence-corrected chi connectivity index (χ1v) is 5.89. The Labute approximate surface area is 118 Å². The lowest BCUT2D eigenvalue weighted by molar-refractivity contribution is 0.565. The Balaban J connectivity index is 2.08. The first kappa shape index (κ1) is 12.8. The van der Waals surface area contributed by atoms with Gasteiger partial charge < -0.3 is 4.42 Å². The third-order valence-corrected chi connectivity index (χ3v) is 2.71. The highest BCUT2D eigenvalue weighted by atomic mass is 19.1. The molecule has 7 heteroatoms. The summed E-state index contributed by atoms with van der Waals surface area (Å²) in [4.78, 5) is 17.8. The molecular weight excluding hydrogens is 275 g/mol. The first-order chi connectivity index (χ1) is 10.3. The van der Waals surface area contributed by atoms with Gasteiger partial charge in [-0.25, -0.2) is 9.18 Å². The lowest BCUT2D eigenvalue weighted by atomic mass is 10.2. The number of isocyanates is 1. The molecule has 0 aliphatic carbocycles. The molecule has 21 heavy (non-hydrogen) atoms. The monoisotopic (exact) mass is 282 g/mol. The van der Waals surface area contributed by atoms with Crippen molar-refractivity contribution in [3.8, 4) is 22.9 Å². The standard InChI is InChI=1S/C14H7FN4O2/c15-10-1-2-12(17-8-20)11(7-10)14-19-18-13(21-14)9-3-5-16-6-4-9/h1-7H. The Morgan fingerprint density at radius 1 is 1.10 bits per heavy atom. The average molecular weight is 282 g/mol. The van der Waals surface area contributed by atoms with E-state index in [0.29, 0.717) is 5.56 Å². The third-order valence-electron chi connectivity index (χ3n) is 2.71. The van der Waals surface area contributed by atoms with Crippen molar-refractivity contribution in [3.05, 3.63) is 48.5 Å². The van der Waals surface area contributed by atoms with Gasteiger partial charge >= 0.3 is 0 Å². The van der Waals surface area contributed by atoms with Crippen LogP contribution in [-0.4, -0.2) is 21.3 Å². The molecule has 0 amide bonds. The van der Waals surface area contributed by atoms with Crippen LogP contribution in [0.15, 0.2) is 52.1 Å². The molecular formula is C14H7FN4O2. The zero-order valence-electron chi connectivity index (χ0n) is 10.5. The maximum Gasteiger partial charge on any atom is 0.250 e. The molecule has 1 aromatic carbocycles. The van der Waals surface area contributed by atoms with Gasteiger partial charge in [-0.2, -0.15) is 4.99 Å². The summed E-state index contributed by atoms with van der Waals surface area (Å²) in [5, 5.41) is 7.74. The minimum absolute atomic E-state index is 0.0651. The van der Waals surface area contributed by atoms with Crippen LogP contribution in [0.4, 0.5) is 10.1 Å². The molecule has 0 saturated carbocycles. The highest BCUT2D eigenvalue weighted by Gasteiger charge is 2.14. The molecule has 2 aromatic heterocycles. The van der Waals surface area contributed by atoms with E-state index in [1.807, 2.05) is 0 Å². The van der Waals surface area contributed by atoms with Crippen LogP contribution < -0.4 is 0 Å². The zero-order chi connectivity index (χ0) is 14.7. The number of aliphatic imine (C=N–C) groups is 1. The van der Waals surface area contributed by atoms with Gasteiger partial charge in [-0.1, -0.05) is 0 Å². The summed E-state index contributed by atoms with van der Waals surface area (Å²) in [5.74, 6) is -0.175. The Bertz CT molecular complexity index is 826. The number of nitrogens with zero attached hydrogens (tertiary/aromatic N) is 4. The van der Waals surface area contributed by atoms with E-state index in [2.05, 4.69) is 20.2 Å². The molecule has 0 fully saturated rings. The van der Waals surface area contributed by atoms with E-state index in [4.69, 9.17) is 4.42 Å². The van der Waals surface area contributed by atoms with Gasteiger partial charge in [0.25, 0.3) is 0 Å². The van der Waals surface area contributed by atoms with Crippen molar-refractivity contribution in [2.45, 2.75) is 0 Å². The number of carbonyl (C=O) groups excluding carboxylic acids is 1. The Hall–Kier alpha value is -3.18. The van der Waals surface area contributed by atoms with Gasteiger partial charge in [-0.05, 0) is 30.3 Å². The number of benzene rings is 1. The molecule has 0 aliphatic heterocycles. The fraction of sp³-hybridized carbons (Fsp3) is 0. The fourth-order valence-corrected chi connectivity index (χ4v) is 1.77. The van der Waals surface area contributed by atoms with Crippen molar-refractivity contribution < 1.29 is 13.6 Å². The maximum atomic E-state index is 13.4. The molecule has 0 spiro atoms. The van der Waals surface area contributed by atoms with E-state index in [9.17, 15) is 9.18 Å². The van der Waals surface area contributed by atoms with E-state index < -0.39 is 5.82 Å². The van der Waals surface area contributed by atoms with Crippen LogP contribution in [0.2, 0.25) is 0 Å². The van der Waals surface area contributed by atoms with Gasteiger partial charge in [0.2, 0.25) is 17.9 Å². The van der Waals surface area contributed by atoms with Crippen molar-refractivity contribution >= 4 is 11.8 Å². The summed E-state index contributed by atoms with van der Waals surface area (Å²) in [5.41, 5.74) is 1.11. The zero-order valence-corrected chi connectivity index (χ0v) is 10.5. The first-order valence-electron chi connectivity index (χ1n) is 5.89. The van der Waals surface area contributed by atoms with Crippen molar-refractivity contribution in [2.75, 3.05) is 0 Å². The second-order valence-corrected chi connectivity index (χ2v) is 4.01. The molecule has 102 valence electrons. The Morgan fingerprint density at radius 2 is 1.86 bits per heavy atom. The van der Waals surface area contributed by atoms with Gasteiger partial charge in [0.15, 0.2) is 0 Å². The second kappa shape index (κ2) is 5.44. The smallest absolute Gasteiger partial charge is 0.250 e. The summed E-state index contributed by atoms with van der Waals surface area (Å²) in [6.07, 6.45) is 4.58. The van der Waals surface area contributed by atoms with E-state index in [1.165, 1.54) is 24.3 Å². The fourth-order valence-electron chi connectivity index (χ4n) is 1.77. The molecule has 0 atom stereocenters. The molecule has 0 radical (unpaired) electrons. The summed E-state index contributed by atoms with van der Waals surface area (Å²) < 4.78 is 18.9. The number of aromatic nitrogens is 3. The number of rotatable bonds is 3. The average Bonchev–Trinajstić information content (AvgIpc) is 3.00. The maximum absolute atomic E-state index is 13.4. The van der Waals surface area contributed by atoms with Gasteiger partial charge in [0.05, 0.1) is 11.3 Å². The van der Waals surface area contributed by atoms with Crippen molar-refractivity contribution in [1.29, 1.82) is 0 Å². The summed E-state index contributed by atoms with van der Waals surface area (Å²) in [6, 6.07) is 7.09. The lowest BCUT2D eigenvalue weighted by Crippen LogP contribution is -1.82. The van der Waals surface area contributed by atoms with Crippen LogP contribution in [0.1, 0.15) is 0 Å². The number of pyridine rings is 1. The third kappa shape index (κ3) is 2.58. The molecule has 3 aromatic rings. The molecule has 0 unspecified atom stereocenters. The van der Waals surface area contributed by atoms with Gasteiger partial charge in [-0.3, -0.25) is 4.98 Å². The Morgan fingerprint density at radius 3 is 2.62 bits per heavy atom. The second-order valence-electron chi connectivity index (χ2n) is 4.01. The van der Waals surface area contributed by atoms with E-state index >= 15 is 0 Å². The van der Waals surface area contributed by atoms with E-state index in [-0.39, 0.29) is 23.0 Å². The topological polar surface area (TPSA) is 81.2 Å². The predicted molar refractivity (Wildman–Crippen MR) is 70.7 cm³/mol. The highest BCUT2D eigenvalue weighted by Crippen LogP contribution is 2.31. The van der Waals surface area contributed by atoms with Crippen molar-refractivity contribution in [3.63, 3.8) is 0 Å². The number of halogens is 1. The largest absolute Gasteiger partial charge is 0.416 e. The normalized spacial score (nSPS) is 10.1. The molecule has 3 rings (SSSR count). The number of hydrogen-bond donors (Lipinski definition) is 0. The quantitative estimate of drug-likeness (QED) is 0.545. The summed E-state index contributed by atoms with van der Waals surface area (Å²) in [7, 11) is 0. The van der Waals surface area contributed by atoms with E-state index in [1.54, 1.807) is 24.5 Å². The van der Waals surface area contributed by atoms with Crippen LogP contribution in [0.3, 0.4) is 0 Å². The molecule has 0 saturated heterocycles.